The van der Waals surface area contributed by atoms with E-state index in [1.807, 2.05) is 20.8 Å². The average Bonchev–Trinajstić information content (AvgIpc) is 3.26. The minimum atomic E-state index is -0.298. The number of aliphatic imine (C=N–C) groups is 1. The first-order chi connectivity index (χ1) is 13.8. The molecule has 2 rings (SSSR count). The molecule has 1 aliphatic heterocycles. The molecule has 2 heterocycles. The number of rotatable bonds is 9. The van der Waals surface area contributed by atoms with E-state index in [1.54, 1.807) is 0 Å². The highest BCUT2D eigenvalue weighted by atomic mass is 32.1. The number of nitrogens with one attached hydrogen (secondary N) is 2. The summed E-state index contributed by atoms with van der Waals surface area (Å²) in [6.45, 7) is 16.6. The van der Waals surface area contributed by atoms with Crippen molar-refractivity contribution in [2.45, 2.75) is 66.5 Å². The van der Waals surface area contributed by atoms with E-state index in [0.29, 0.717) is 29.1 Å². The Bertz CT molecular complexity index is 689. The van der Waals surface area contributed by atoms with Gasteiger partial charge >= 0.3 is 5.97 Å². The van der Waals surface area contributed by atoms with Gasteiger partial charge in [-0.1, -0.05) is 13.8 Å². The zero-order valence-electron chi connectivity index (χ0n) is 18.7. The van der Waals surface area contributed by atoms with Crippen LogP contribution in [0.3, 0.4) is 0 Å². The second-order valence-corrected chi connectivity index (χ2v) is 8.99. The van der Waals surface area contributed by atoms with Gasteiger partial charge in [0.2, 0.25) is 0 Å². The molecule has 0 saturated carbocycles. The maximum Gasteiger partial charge on any atom is 0.350 e. The first-order valence-electron chi connectivity index (χ1n) is 10.8. The summed E-state index contributed by atoms with van der Waals surface area (Å²) in [4.78, 5) is 24.6. The van der Waals surface area contributed by atoms with Crippen LogP contribution in [0.4, 0.5) is 0 Å². The van der Waals surface area contributed by atoms with Gasteiger partial charge in [-0.25, -0.2) is 9.78 Å². The van der Waals surface area contributed by atoms with Crippen LogP contribution in [0.2, 0.25) is 0 Å². The third kappa shape index (κ3) is 6.96. The molecule has 164 valence electrons. The van der Waals surface area contributed by atoms with Crippen LogP contribution in [-0.4, -0.2) is 60.6 Å². The predicted molar refractivity (Wildman–Crippen MR) is 120 cm³/mol. The minimum Gasteiger partial charge on any atom is -0.462 e. The number of carbonyl (C=O) groups is 1. The van der Waals surface area contributed by atoms with Crippen molar-refractivity contribution in [3.8, 4) is 0 Å². The first-order valence-corrected chi connectivity index (χ1v) is 11.6. The summed E-state index contributed by atoms with van der Waals surface area (Å²) in [5, 5.41) is 7.63. The van der Waals surface area contributed by atoms with E-state index in [-0.39, 0.29) is 12.0 Å². The van der Waals surface area contributed by atoms with Gasteiger partial charge in [0.05, 0.1) is 24.9 Å². The summed E-state index contributed by atoms with van der Waals surface area (Å²) in [6, 6.07) is 0.468. The van der Waals surface area contributed by atoms with Crippen LogP contribution in [0.1, 0.15) is 73.9 Å². The van der Waals surface area contributed by atoms with Crippen LogP contribution in [0, 0.1) is 12.8 Å². The quantitative estimate of drug-likeness (QED) is 0.360. The molecule has 0 aliphatic carbocycles. The number of esters is 1. The number of ether oxygens (including phenoxy) is 1. The molecular formula is C21H37N5O2S. The zero-order valence-corrected chi connectivity index (χ0v) is 19.6. The van der Waals surface area contributed by atoms with E-state index in [0.717, 1.165) is 30.6 Å². The fourth-order valence-corrected chi connectivity index (χ4v) is 4.55. The van der Waals surface area contributed by atoms with E-state index >= 15 is 0 Å². The molecule has 1 aromatic heterocycles. The van der Waals surface area contributed by atoms with E-state index in [4.69, 9.17) is 9.73 Å². The lowest BCUT2D eigenvalue weighted by Gasteiger charge is -2.25. The normalized spacial score (nSPS) is 18.9. The molecule has 1 unspecified atom stereocenters. The predicted octanol–water partition coefficient (Wildman–Crippen LogP) is 3.36. The summed E-state index contributed by atoms with van der Waals surface area (Å²) in [7, 11) is 0. The second-order valence-electron chi connectivity index (χ2n) is 7.96. The Morgan fingerprint density at radius 3 is 2.79 bits per heavy atom. The van der Waals surface area contributed by atoms with E-state index in [2.05, 4.69) is 41.3 Å². The van der Waals surface area contributed by atoms with Gasteiger partial charge in [-0.2, -0.15) is 0 Å². The molecule has 8 heteroatoms. The lowest BCUT2D eigenvalue weighted by molar-refractivity contribution is 0.0531. The van der Waals surface area contributed by atoms with Gasteiger partial charge in [0, 0.05) is 19.1 Å². The molecular weight excluding hydrogens is 386 g/mol. The van der Waals surface area contributed by atoms with Crippen molar-refractivity contribution in [3.05, 3.63) is 15.6 Å². The van der Waals surface area contributed by atoms with Gasteiger partial charge < -0.3 is 15.4 Å². The number of carbonyl (C=O) groups excluding carboxylic acids is 1. The molecule has 2 atom stereocenters. The van der Waals surface area contributed by atoms with Crippen molar-refractivity contribution in [2.24, 2.45) is 10.9 Å². The molecule has 0 bridgehead atoms. The molecule has 0 amide bonds. The lowest BCUT2D eigenvalue weighted by Crippen LogP contribution is -2.40. The second kappa shape index (κ2) is 11.5. The Balaban J connectivity index is 2.03. The molecule has 1 saturated heterocycles. The van der Waals surface area contributed by atoms with Crippen molar-refractivity contribution < 1.29 is 9.53 Å². The highest BCUT2D eigenvalue weighted by molar-refractivity contribution is 7.13. The van der Waals surface area contributed by atoms with Crippen LogP contribution >= 0.6 is 11.3 Å². The summed E-state index contributed by atoms with van der Waals surface area (Å²) in [5.74, 6) is 1.17. The third-order valence-electron chi connectivity index (χ3n) is 4.90. The lowest BCUT2D eigenvalue weighted by atomic mass is 10.2. The van der Waals surface area contributed by atoms with Crippen molar-refractivity contribution in [2.75, 3.05) is 32.8 Å². The fraction of sp³-hybridized carbons (Fsp3) is 0.762. The van der Waals surface area contributed by atoms with Gasteiger partial charge in [-0.15, -0.1) is 11.3 Å². The van der Waals surface area contributed by atoms with Gasteiger partial charge in [0.25, 0.3) is 0 Å². The Morgan fingerprint density at radius 1 is 1.38 bits per heavy atom. The first kappa shape index (κ1) is 23.6. The number of thiazole rings is 1. The maximum absolute atomic E-state index is 12.1. The Morgan fingerprint density at radius 2 is 2.14 bits per heavy atom. The van der Waals surface area contributed by atoms with Gasteiger partial charge in [0.15, 0.2) is 5.96 Å². The smallest absolute Gasteiger partial charge is 0.350 e. The molecule has 29 heavy (non-hydrogen) atoms. The highest BCUT2D eigenvalue weighted by Crippen LogP contribution is 2.24. The Labute approximate surface area is 179 Å². The molecule has 0 radical (unpaired) electrons. The number of hydrogen-bond acceptors (Lipinski definition) is 6. The number of likely N-dealkylation sites (tertiary alicyclic amines) is 1. The molecule has 1 fully saturated rings. The largest absolute Gasteiger partial charge is 0.462 e. The molecule has 1 aromatic rings. The summed E-state index contributed by atoms with van der Waals surface area (Å²) in [5.41, 5.74) is 0.717. The van der Waals surface area contributed by atoms with Crippen LogP contribution in [0.15, 0.2) is 4.99 Å². The van der Waals surface area contributed by atoms with Crippen LogP contribution in [0.25, 0.3) is 0 Å². The average molecular weight is 424 g/mol. The highest BCUT2D eigenvalue weighted by Gasteiger charge is 2.25. The minimum absolute atomic E-state index is 0.0463. The van der Waals surface area contributed by atoms with Crippen molar-refractivity contribution in [1.29, 1.82) is 0 Å². The van der Waals surface area contributed by atoms with Crippen molar-refractivity contribution in [1.82, 2.24) is 20.5 Å². The zero-order chi connectivity index (χ0) is 21.4. The number of aromatic nitrogens is 1. The molecule has 1 aliphatic rings. The fourth-order valence-electron chi connectivity index (χ4n) is 3.58. The van der Waals surface area contributed by atoms with E-state index in [1.165, 1.54) is 30.7 Å². The van der Waals surface area contributed by atoms with Crippen molar-refractivity contribution in [3.63, 3.8) is 0 Å². The standard InChI is InChI=1S/C21H37N5O2S/c1-7-22-21(23-12-17-10-9-11-26(17)13-14(3)4)25-16(6)19-24-15(5)18(29-19)20(27)28-8-2/h14,16-17H,7-13H2,1-6H3,(H2,22,23,25)/t16?,17-/m1/s1. The van der Waals surface area contributed by atoms with Gasteiger partial charge in [-0.3, -0.25) is 9.89 Å². The molecule has 0 aromatic carbocycles. The third-order valence-corrected chi connectivity index (χ3v) is 6.22. The van der Waals surface area contributed by atoms with Crippen LogP contribution in [-0.2, 0) is 4.74 Å². The van der Waals surface area contributed by atoms with Crippen LogP contribution < -0.4 is 10.6 Å². The summed E-state index contributed by atoms with van der Waals surface area (Å²) >= 11 is 1.39. The Hall–Kier alpha value is -1.67. The summed E-state index contributed by atoms with van der Waals surface area (Å²) in [6.07, 6.45) is 2.46. The number of aryl methyl sites for hydroxylation is 1. The van der Waals surface area contributed by atoms with E-state index < -0.39 is 0 Å². The molecule has 2 N–H and O–H groups in total. The Kier molecular flexibility index (Phi) is 9.36. The van der Waals surface area contributed by atoms with E-state index in [9.17, 15) is 4.79 Å². The van der Waals surface area contributed by atoms with Gasteiger partial charge in [-0.05, 0) is 53.0 Å². The van der Waals surface area contributed by atoms with Crippen LogP contribution in [0.5, 0.6) is 0 Å². The molecule has 7 nitrogen and oxygen atoms in total. The number of hydrogen-bond donors (Lipinski definition) is 2. The van der Waals surface area contributed by atoms with Crippen molar-refractivity contribution >= 4 is 23.3 Å². The summed E-state index contributed by atoms with van der Waals surface area (Å²) < 4.78 is 5.12. The number of nitrogens with zero attached hydrogens (tertiary/aromatic N) is 3. The SMILES string of the molecule is CCNC(=NC[C@H]1CCCN1CC(C)C)NC(C)c1nc(C)c(C(=O)OCC)s1. The molecule has 0 spiro atoms. The maximum atomic E-state index is 12.1. The monoisotopic (exact) mass is 423 g/mol. The topological polar surface area (TPSA) is 78.9 Å². The number of guanidine groups is 1. The van der Waals surface area contributed by atoms with Gasteiger partial charge in [0.1, 0.15) is 9.88 Å².